The maximum absolute atomic E-state index is 11.2. The first-order valence-corrected chi connectivity index (χ1v) is 9.24. The summed E-state index contributed by atoms with van der Waals surface area (Å²) in [5.74, 6) is -0.122. The first kappa shape index (κ1) is 19.4. The number of aromatic carboxylic acids is 1. The van der Waals surface area contributed by atoms with Gasteiger partial charge in [-0.1, -0.05) is 23.7 Å². The predicted octanol–water partition coefficient (Wildman–Crippen LogP) is 4.64. The molecule has 150 valence electrons. The Balaban J connectivity index is 1.67. The van der Waals surface area contributed by atoms with E-state index in [4.69, 9.17) is 21.4 Å². The molecule has 0 spiro atoms. The van der Waals surface area contributed by atoms with Gasteiger partial charge in [0, 0.05) is 23.0 Å². The largest absolute Gasteiger partial charge is 0.495 e. The second-order valence-electron chi connectivity index (χ2n) is 6.28. The Labute approximate surface area is 176 Å². The fourth-order valence-electron chi connectivity index (χ4n) is 2.94. The fourth-order valence-corrected chi connectivity index (χ4v) is 3.14. The minimum Gasteiger partial charge on any atom is -0.495 e. The van der Waals surface area contributed by atoms with E-state index in [9.17, 15) is 4.79 Å². The van der Waals surface area contributed by atoms with Gasteiger partial charge < -0.3 is 15.2 Å². The molecule has 0 saturated heterocycles. The van der Waals surface area contributed by atoms with Gasteiger partial charge in [0.1, 0.15) is 5.75 Å². The van der Waals surface area contributed by atoms with E-state index in [2.05, 4.69) is 25.5 Å². The molecular formula is C21H16ClN5O3. The number of H-pyrrole nitrogens is 1. The topological polar surface area (TPSA) is 113 Å². The zero-order chi connectivity index (χ0) is 21.1. The number of carboxylic acids is 1. The Bertz CT molecular complexity index is 1220. The van der Waals surface area contributed by atoms with Gasteiger partial charge in [-0.3, -0.25) is 5.10 Å². The summed E-state index contributed by atoms with van der Waals surface area (Å²) in [4.78, 5) is 19.9. The average Bonchev–Trinajstić information content (AvgIpc) is 3.24. The molecule has 0 saturated carbocycles. The number of carbonyl (C=O) groups is 1. The second kappa shape index (κ2) is 8.22. The maximum Gasteiger partial charge on any atom is 0.335 e. The average molecular weight is 422 g/mol. The third kappa shape index (κ3) is 3.94. The van der Waals surface area contributed by atoms with E-state index in [0.29, 0.717) is 28.1 Å². The van der Waals surface area contributed by atoms with Gasteiger partial charge in [0.15, 0.2) is 0 Å². The van der Waals surface area contributed by atoms with Gasteiger partial charge in [-0.25, -0.2) is 14.8 Å². The van der Waals surface area contributed by atoms with Crippen LogP contribution in [0.5, 0.6) is 5.75 Å². The molecule has 0 aliphatic carbocycles. The van der Waals surface area contributed by atoms with Crippen molar-refractivity contribution in [1.82, 2.24) is 20.2 Å². The van der Waals surface area contributed by atoms with Crippen molar-refractivity contribution in [3.63, 3.8) is 0 Å². The molecule has 0 aliphatic rings. The highest BCUT2D eigenvalue weighted by Crippen LogP contribution is 2.34. The number of nitrogens with one attached hydrogen (secondary N) is 2. The van der Waals surface area contributed by atoms with Crippen LogP contribution in [0.4, 0.5) is 11.6 Å². The molecule has 4 aromatic rings. The van der Waals surface area contributed by atoms with Crippen molar-refractivity contribution < 1.29 is 14.6 Å². The summed E-state index contributed by atoms with van der Waals surface area (Å²) in [6.45, 7) is 0. The zero-order valence-corrected chi connectivity index (χ0v) is 16.5. The summed E-state index contributed by atoms with van der Waals surface area (Å²) in [6.07, 6.45) is 3.29. The van der Waals surface area contributed by atoms with Crippen LogP contribution in [0.25, 0.3) is 22.5 Å². The number of ether oxygens (including phenoxy) is 1. The van der Waals surface area contributed by atoms with Crippen LogP contribution in [0.15, 0.2) is 60.9 Å². The van der Waals surface area contributed by atoms with E-state index in [-0.39, 0.29) is 5.56 Å². The Morgan fingerprint density at radius 3 is 2.87 bits per heavy atom. The summed E-state index contributed by atoms with van der Waals surface area (Å²) in [7, 11) is 1.56. The summed E-state index contributed by atoms with van der Waals surface area (Å²) < 4.78 is 5.30. The number of hydrogen-bond acceptors (Lipinski definition) is 6. The minimum atomic E-state index is -1.00. The molecule has 0 unspecified atom stereocenters. The van der Waals surface area contributed by atoms with Crippen LogP contribution < -0.4 is 10.1 Å². The smallest absolute Gasteiger partial charge is 0.335 e. The number of methoxy groups -OCH3 is 1. The quantitative estimate of drug-likeness (QED) is 0.415. The molecule has 8 nitrogen and oxygen atoms in total. The predicted molar refractivity (Wildman–Crippen MR) is 113 cm³/mol. The third-order valence-electron chi connectivity index (χ3n) is 4.38. The molecule has 2 aromatic heterocycles. The number of rotatable bonds is 6. The molecule has 0 amide bonds. The normalized spacial score (nSPS) is 10.6. The second-order valence-corrected chi connectivity index (χ2v) is 6.69. The Hall–Kier alpha value is -3.91. The van der Waals surface area contributed by atoms with Gasteiger partial charge in [-0.15, -0.1) is 0 Å². The minimum absolute atomic E-state index is 0.171. The van der Waals surface area contributed by atoms with Crippen molar-refractivity contribution in [2.24, 2.45) is 0 Å². The zero-order valence-electron chi connectivity index (χ0n) is 15.8. The molecular weight excluding hydrogens is 406 g/mol. The van der Waals surface area contributed by atoms with E-state index >= 15 is 0 Å². The van der Waals surface area contributed by atoms with Crippen molar-refractivity contribution in [2.75, 3.05) is 12.4 Å². The van der Waals surface area contributed by atoms with Crippen LogP contribution in [0, 0.1) is 0 Å². The van der Waals surface area contributed by atoms with Gasteiger partial charge in [0.25, 0.3) is 0 Å². The number of aromatic nitrogens is 4. The maximum atomic E-state index is 11.2. The Kier molecular flexibility index (Phi) is 5.32. The molecule has 2 aromatic carbocycles. The molecule has 4 rings (SSSR count). The molecule has 30 heavy (non-hydrogen) atoms. The van der Waals surface area contributed by atoms with Crippen LogP contribution in [-0.4, -0.2) is 38.4 Å². The van der Waals surface area contributed by atoms with Crippen LogP contribution in [0.2, 0.25) is 5.02 Å². The lowest BCUT2D eigenvalue weighted by Crippen LogP contribution is -2.00. The van der Waals surface area contributed by atoms with Crippen LogP contribution in [0.3, 0.4) is 0 Å². The molecule has 0 aliphatic heterocycles. The van der Waals surface area contributed by atoms with E-state index in [0.717, 1.165) is 16.8 Å². The number of halogens is 1. The molecule has 2 heterocycles. The van der Waals surface area contributed by atoms with E-state index < -0.39 is 5.97 Å². The number of hydrogen-bond donors (Lipinski definition) is 3. The van der Waals surface area contributed by atoms with Crippen molar-refractivity contribution in [3.05, 3.63) is 71.5 Å². The Morgan fingerprint density at radius 1 is 1.20 bits per heavy atom. The van der Waals surface area contributed by atoms with Gasteiger partial charge >= 0.3 is 5.97 Å². The van der Waals surface area contributed by atoms with Crippen LogP contribution in [-0.2, 0) is 0 Å². The lowest BCUT2D eigenvalue weighted by atomic mass is 10.1. The summed E-state index contributed by atoms with van der Waals surface area (Å²) in [5, 5.41) is 19.8. The summed E-state index contributed by atoms with van der Waals surface area (Å²) in [5.41, 5.74) is 3.74. The highest BCUT2D eigenvalue weighted by Gasteiger charge is 2.14. The number of aromatic amines is 1. The van der Waals surface area contributed by atoms with Gasteiger partial charge in [-0.05, 0) is 36.4 Å². The molecule has 0 fully saturated rings. The lowest BCUT2D eigenvalue weighted by molar-refractivity contribution is 0.0697. The number of anilines is 2. The van der Waals surface area contributed by atoms with E-state index in [1.807, 2.05) is 12.1 Å². The van der Waals surface area contributed by atoms with Gasteiger partial charge in [-0.2, -0.15) is 5.10 Å². The molecule has 3 N–H and O–H groups in total. The van der Waals surface area contributed by atoms with Crippen LogP contribution >= 0.6 is 11.6 Å². The van der Waals surface area contributed by atoms with Crippen molar-refractivity contribution in [3.8, 4) is 28.3 Å². The van der Waals surface area contributed by atoms with Gasteiger partial charge in [0.2, 0.25) is 5.95 Å². The first-order valence-electron chi connectivity index (χ1n) is 8.86. The third-order valence-corrected chi connectivity index (χ3v) is 4.69. The van der Waals surface area contributed by atoms with E-state index in [1.165, 1.54) is 12.1 Å². The summed E-state index contributed by atoms with van der Waals surface area (Å²) >= 11 is 6.13. The SMILES string of the molecule is COc1cc(-c2[nH]ncc2-c2ccnc(Nc3cccc(C(=O)O)c3)n2)ccc1Cl. The van der Waals surface area contributed by atoms with Crippen molar-refractivity contribution in [2.45, 2.75) is 0 Å². The lowest BCUT2D eigenvalue weighted by Gasteiger charge is -2.09. The number of benzene rings is 2. The number of carboxylic acid groups (broad SMARTS) is 1. The molecule has 0 atom stereocenters. The molecule has 9 heteroatoms. The van der Waals surface area contributed by atoms with Gasteiger partial charge in [0.05, 0.1) is 35.3 Å². The standard InChI is InChI=1S/C21H16ClN5O3/c1-30-18-10-12(5-6-16(18)22)19-15(11-24-27-19)17-7-8-23-21(26-17)25-14-4-2-3-13(9-14)20(28)29/h2-11H,1H3,(H,24,27)(H,28,29)(H,23,25,26). The molecule has 0 bridgehead atoms. The monoisotopic (exact) mass is 421 g/mol. The highest BCUT2D eigenvalue weighted by molar-refractivity contribution is 6.32. The number of nitrogens with zero attached hydrogens (tertiary/aromatic N) is 3. The highest BCUT2D eigenvalue weighted by atomic mass is 35.5. The van der Waals surface area contributed by atoms with Crippen molar-refractivity contribution in [1.29, 1.82) is 0 Å². The summed E-state index contributed by atoms with van der Waals surface area (Å²) in [6, 6.07) is 13.6. The molecule has 0 radical (unpaired) electrons. The van der Waals surface area contributed by atoms with Crippen molar-refractivity contribution >= 4 is 29.2 Å². The Morgan fingerprint density at radius 2 is 2.07 bits per heavy atom. The van der Waals surface area contributed by atoms with Crippen LogP contribution in [0.1, 0.15) is 10.4 Å². The fraction of sp³-hybridized carbons (Fsp3) is 0.0476. The van der Waals surface area contributed by atoms with E-state index in [1.54, 1.807) is 43.8 Å². The first-order chi connectivity index (χ1) is 14.5.